The lowest BCUT2D eigenvalue weighted by Gasteiger charge is -2.19. The van der Waals surface area contributed by atoms with E-state index in [0.717, 1.165) is 12.4 Å². The molecular weight excluding hydrogens is 214 g/mol. The Morgan fingerprint density at radius 3 is 2.73 bits per heavy atom. The second-order valence-corrected chi connectivity index (χ2v) is 4.04. The van der Waals surface area contributed by atoms with Crippen molar-refractivity contribution >= 4 is 17.4 Å². The van der Waals surface area contributed by atoms with E-state index in [0.29, 0.717) is 17.4 Å². The average molecular weight is 230 g/mol. The molecule has 15 heavy (non-hydrogen) atoms. The Balaban J connectivity index is 2.68. The molecule has 0 radical (unpaired) electrons. The largest absolute Gasteiger partial charge is 0.393 e. The normalized spacial score (nSPS) is 12.6. The summed E-state index contributed by atoms with van der Waals surface area (Å²) in [5.74, 6) is 1.44. The zero-order valence-corrected chi connectivity index (χ0v) is 9.99. The van der Waals surface area contributed by atoms with Gasteiger partial charge in [0.25, 0.3) is 0 Å². The third-order valence-corrected chi connectivity index (χ3v) is 2.26. The number of aryl methyl sites for hydroxylation is 1. The number of aliphatic hydroxyl groups is 1. The summed E-state index contributed by atoms with van der Waals surface area (Å²) in [4.78, 5) is 10.2. The molecule has 0 saturated heterocycles. The van der Waals surface area contributed by atoms with E-state index in [2.05, 4.69) is 9.97 Å². The molecule has 1 N–H and O–H groups in total. The van der Waals surface area contributed by atoms with Gasteiger partial charge >= 0.3 is 0 Å². The summed E-state index contributed by atoms with van der Waals surface area (Å²) in [6, 6.07) is 1.72. The lowest BCUT2D eigenvalue weighted by Crippen LogP contribution is -2.23. The van der Waals surface area contributed by atoms with Gasteiger partial charge in [0.2, 0.25) is 0 Å². The van der Waals surface area contributed by atoms with Crippen molar-refractivity contribution in [3.05, 3.63) is 17.0 Å². The van der Waals surface area contributed by atoms with Crippen LogP contribution in [0.15, 0.2) is 6.07 Å². The Kier molecular flexibility index (Phi) is 4.29. The molecule has 1 unspecified atom stereocenters. The molecule has 1 heterocycles. The average Bonchev–Trinajstić information content (AvgIpc) is 2.12. The molecule has 1 rings (SSSR count). The Labute approximate surface area is 94.9 Å². The molecule has 0 saturated carbocycles. The molecule has 0 aliphatic heterocycles. The van der Waals surface area contributed by atoms with Crippen LogP contribution in [-0.2, 0) is 0 Å². The van der Waals surface area contributed by atoms with E-state index >= 15 is 0 Å². The summed E-state index contributed by atoms with van der Waals surface area (Å²) >= 11 is 5.83. The second kappa shape index (κ2) is 5.28. The highest BCUT2D eigenvalue weighted by Gasteiger charge is 2.06. The van der Waals surface area contributed by atoms with Crippen molar-refractivity contribution in [3.8, 4) is 0 Å². The van der Waals surface area contributed by atoms with Crippen LogP contribution in [0.1, 0.15) is 19.2 Å². The molecule has 4 nitrogen and oxygen atoms in total. The van der Waals surface area contributed by atoms with Crippen molar-refractivity contribution in [2.24, 2.45) is 0 Å². The molecule has 0 fully saturated rings. The molecule has 0 aromatic carbocycles. The summed E-state index contributed by atoms with van der Waals surface area (Å²) in [6.45, 7) is 4.31. The van der Waals surface area contributed by atoms with Crippen LogP contribution in [0.5, 0.6) is 0 Å². The third-order valence-electron chi connectivity index (χ3n) is 2.07. The molecule has 1 aromatic rings. The van der Waals surface area contributed by atoms with Crippen LogP contribution in [0.25, 0.3) is 0 Å². The first kappa shape index (κ1) is 12.2. The number of aromatic nitrogens is 2. The number of halogens is 1. The Bertz CT molecular complexity index is 310. The first-order valence-electron chi connectivity index (χ1n) is 4.89. The number of aliphatic hydroxyl groups excluding tert-OH is 1. The van der Waals surface area contributed by atoms with Crippen molar-refractivity contribution in [1.82, 2.24) is 9.97 Å². The molecule has 84 valence electrons. The van der Waals surface area contributed by atoms with Crippen LogP contribution in [-0.4, -0.2) is 34.8 Å². The summed E-state index contributed by atoms with van der Waals surface area (Å²) < 4.78 is 0. The molecule has 0 aliphatic rings. The molecule has 0 amide bonds. The van der Waals surface area contributed by atoms with Gasteiger partial charge < -0.3 is 10.0 Å². The van der Waals surface area contributed by atoms with Gasteiger partial charge in [-0.2, -0.15) is 0 Å². The van der Waals surface area contributed by atoms with E-state index in [1.54, 1.807) is 19.9 Å². The molecule has 1 aromatic heterocycles. The van der Waals surface area contributed by atoms with E-state index in [1.165, 1.54) is 0 Å². The second-order valence-electron chi connectivity index (χ2n) is 3.66. The highest BCUT2D eigenvalue weighted by Crippen LogP contribution is 2.14. The van der Waals surface area contributed by atoms with Crippen molar-refractivity contribution < 1.29 is 5.11 Å². The van der Waals surface area contributed by atoms with E-state index < -0.39 is 0 Å². The van der Waals surface area contributed by atoms with Crippen LogP contribution < -0.4 is 4.90 Å². The number of nitrogens with zero attached hydrogens (tertiary/aromatic N) is 3. The van der Waals surface area contributed by atoms with Crippen molar-refractivity contribution in [2.45, 2.75) is 26.4 Å². The predicted molar refractivity (Wildman–Crippen MR) is 61.3 cm³/mol. The maximum atomic E-state index is 9.17. The molecule has 5 heteroatoms. The van der Waals surface area contributed by atoms with Gasteiger partial charge in [0, 0.05) is 19.7 Å². The monoisotopic (exact) mass is 229 g/mol. The van der Waals surface area contributed by atoms with Gasteiger partial charge in [0.05, 0.1) is 6.10 Å². The van der Waals surface area contributed by atoms with Crippen LogP contribution in [0.3, 0.4) is 0 Å². The zero-order chi connectivity index (χ0) is 11.4. The Morgan fingerprint density at radius 1 is 1.53 bits per heavy atom. The van der Waals surface area contributed by atoms with Crippen LogP contribution in [0.4, 0.5) is 5.82 Å². The highest BCUT2D eigenvalue weighted by molar-refractivity contribution is 6.29. The quantitative estimate of drug-likeness (QED) is 0.798. The lowest BCUT2D eigenvalue weighted by atomic mass is 10.3. The summed E-state index contributed by atoms with van der Waals surface area (Å²) in [5, 5.41) is 9.62. The first-order valence-corrected chi connectivity index (χ1v) is 5.27. The van der Waals surface area contributed by atoms with Crippen molar-refractivity contribution in [2.75, 3.05) is 18.5 Å². The Morgan fingerprint density at radius 2 is 2.20 bits per heavy atom. The van der Waals surface area contributed by atoms with Gasteiger partial charge in [0.1, 0.15) is 16.8 Å². The number of rotatable bonds is 4. The molecule has 0 bridgehead atoms. The fourth-order valence-electron chi connectivity index (χ4n) is 1.21. The van der Waals surface area contributed by atoms with E-state index in [1.807, 2.05) is 11.9 Å². The number of hydrogen-bond acceptors (Lipinski definition) is 4. The maximum Gasteiger partial charge on any atom is 0.134 e. The smallest absolute Gasteiger partial charge is 0.134 e. The van der Waals surface area contributed by atoms with Gasteiger partial charge in [-0.1, -0.05) is 11.6 Å². The lowest BCUT2D eigenvalue weighted by molar-refractivity contribution is 0.187. The predicted octanol–water partition coefficient (Wildman–Crippen LogP) is 1.65. The van der Waals surface area contributed by atoms with Gasteiger partial charge in [0.15, 0.2) is 0 Å². The fourth-order valence-corrected chi connectivity index (χ4v) is 1.43. The topological polar surface area (TPSA) is 49.2 Å². The van der Waals surface area contributed by atoms with Crippen molar-refractivity contribution in [1.29, 1.82) is 0 Å². The van der Waals surface area contributed by atoms with Gasteiger partial charge in [-0.25, -0.2) is 9.97 Å². The van der Waals surface area contributed by atoms with Gasteiger partial charge in [-0.05, 0) is 20.3 Å². The fraction of sp³-hybridized carbons (Fsp3) is 0.600. The van der Waals surface area contributed by atoms with Gasteiger partial charge in [-0.15, -0.1) is 0 Å². The summed E-state index contributed by atoms with van der Waals surface area (Å²) in [7, 11) is 1.92. The minimum Gasteiger partial charge on any atom is -0.393 e. The number of hydrogen-bond donors (Lipinski definition) is 1. The van der Waals surface area contributed by atoms with Crippen LogP contribution >= 0.6 is 11.6 Å². The van der Waals surface area contributed by atoms with Crippen LogP contribution in [0.2, 0.25) is 5.15 Å². The molecule has 0 aliphatic carbocycles. The minimum absolute atomic E-state index is 0.300. The van der Waals surface area contributed by atoms with E-state index in [4.69, 9.17) is 11.6 Å². The van der Waals surface area contributed by atoms with Crippen molar-refractivity contribution in [3.63, 3.8) is 0 Å². The van der Waals surface area contributed by atoms with Gasteiger partial charge in [-0.3, -0.25) is 0 Å². The van der Waals surface area contributed by atoms with Crippen LogP contribution in [0, 0.1) is 6.92 Å². The highest BCUT2D eigenvalue weighted by atomic mass is 35.5. The molecule has 0 spiro atoms. The SMILES string of the molecule is Cc1nc(Cl)cc(N(C)CCC(C)O)n1. The Hall–Kier alpha value is -0.870. The first-order chi connectivity index (χ1) is 6.99. The minimum atomic E-state index is -0.300. The summed E-state index contributed by atoms with van der Waals surface area (Å²) in [6.07, 6.45) is 0.405. The standard InChI is InChI=1S/C10H16ClN3O/c1-7(15)4-5-14(3)10-6-9(11)12-8(2)13-10/h6-7,15H,4-5H2,1-3H3. The molecule has 1 atom stereocenters. The zero-order valence-electron chi connectivity index (χ0n) is 9.24. The summed E-state index contributed by atoms with van der Waals surface area (Å²) in [5.41, 5.74) is 0. The molecular formula is C10H16ClN3O. The maximum absolute atomic E-state index is 9.17. The third kappa shape index (κ3) is 4.01. The van der Waals surface area contributed by atoms with E-state index in [9.17, 15) is 5.11 Å². The number of anilines is 1. The van der Waals surface area contributed by atoms with E-state index in [-0.39, 0.29) is 6.10 Å².